The van der Waals surface area contributed by atoms with Crippen LogP contribution in [-0.4, -0.2) is 13.6 Å². The minimum atomic E-state index is 1.03. The number of likely N-dealkylation sites (N-methyl/N-ethyl adjacent to an activating group) is 1. The second-order valence-corrected chi connectivity index (χ2v) is 2.95. The van der Waals surface area contributed by atoms with Gasteiger partial charge in [-0.25, -0.2) is 0 Å². The molecule has 1 N–H and O–H groups in total. The van der Waals surface area contributed by atoms with E-state index >= 15 is 0 Å². The van der Waals surface area contributed by atoms with Gasteiger partial charge in [-0.15, -0.1) is 0 Å². The fraction of sp³-hybridized carbons (Fsp3) is 0.600. The highest BCUT2D eigenvalue weighted by Gasteiger charge is 2.04. The summed E-state index contributed by atoms with van der Waals surface area (Å²) in [6.45, 7) is 3.27. The number of rotatable bonds is 3. The summed E-state index contributed by atoms with van der Waals surface area (Å²) in [6.07, 6.45) is 8.24. The monoisotopic (exact) mass is 151 g/mol. The van der Waals surface area contributed by atoms with Crippen LogP contribution >= 0.6 is 0 Å². The van der Waals surface area contributed by atoms with Crippen molar-refractivity contribution in [2.75, 3.05) is 13.6 Å². The molecule has 11 heavy (non-hydrogen) atoms. The molecular formula is C10H17N. The summed E-state index contributed by atoms with van der Waals surface area (Å²) in [6, 6.07) is 0. The number of allylic oxidation sites excluding steroid dienone is 2. The standard InChI is InChI=1S/C10H17N/c1-3-9-6-4-5-7-10(9)8-11-2/h5,7,11H,3-4,6,8H2,1-2H3. The quantitative estimate of drug-likeness (QED) is 0.652. The SMILES string of the molecule is CCC1=C(CNC)C=CCC1. The maximum absolute atomic E-state index is 3.19. The highest BCUT2D eigenvalue weighted by Crippen LogP contribution is 2.20. The molecule has 0 spiro atoms. The fourth-order valence-corrected chi connectivity index (χ4v) is 1.54. The molecule has 1 aliphatic carbocycles. The van der Waals surface area contributed by atoms with E-state index in [4.69, 9.17) is 0 Å². The van der Waals surface area contributed by atoms with Gasteiger partial charge in [0.1, 0.15) is 0 Å². The summed E-state index contributed by atoms with van der Waals surface area (Å²) in [5, 5.41) is 3.19. The Morgan fingerprint density at radius 2 is 2.36 bits per heavy atom. The molecule has 0 aromatic carbocycles. The zero-order valence-electron chi connectivity index (χ0n) is 7.48. The molecule has 0 unspecified atom stereocenters. The Balaban J connectivity index is 2.66. The van der Waals surface area contributed by atoms with Crippen molar-refractivity contribution in [2.24, 2.45) is 0 Å². The first-order valence-electron chi connectivity index (χ1n) is 4.40. The predicted octanol–water partition coefficient (Wildman–Crippen LogP) is 2.26. The van der Waals surface area contributed by atoms with Crippen LogP contribution in [0.2, 0.25) is 0 Å². The third-order valence-corrected chi connectivity index (χ3v) is 2.18. The van der Waals surface area contributed by atoms with Crippen LogP contribution in [0.4, 0.5) is 0 Å². The van der Waals surface area contributed by atoms with Gasteiger partial charge in [0.05, 0.1) is 0 Å². The minimum Gasteiger partial charge on any atom is -0.316 e. The van der Waals surface area contributed by atoms with Gasteiger partial charge in [-0.1, -0.05) is 24.6 Å². The highest BCUT2D eigenvalue weighted by molar-refractivity contribution is 5.30. The predicted molar refractivity (Wildman–Crippen MR) is 49.6 cm³/mol. The third-order valence-electron chi connectivity index (χ3n) is 2.18. The average molecular weight is 151 g/mol. The van der Waals surface area contributed by atoms with Crippen molar-refractivity contribution in [3.8, 4) is 0 Å². The summed E-state index contributed by atoms with van der Waals surface area (Å²) >= 11 is 0. The molecular weight excluding hydrogens is 134 g/mol. The van der Waals surface area contributed by atoms with E-state index < -0.39 is 0 Å². The van der Waals surface area contributed by atoms with Gasteiger partial charge in [0, 0.05) is 6.54 Å². The number of nitrogens with one attached hydrogen (secondary N) is 1. The lowest BCUT2D eigenvalue weighted by Gasteiger charge is -2.13. The number of hydrogen-bond donors (Lipinski definition) is 1. The van der Waals surface area contributed by atoms with Crippen LogP contribution in [0.5, 0.6) is 0 Å². The van der Waals surface area contributed by atoms with Gasteiger partial charge in [0.2, 0.25) is 0 Å². The molecule has 0 aromatic heterocycles. The summed E-state index contributed by atoms with van der Waals surface area (Å²) < 4.78 is 0. The molecule has 0 saturated heterocycles. The first-order chi connectivity index (χ1) is 5.38. The molecule has 1 heteroatoms. The maximum Gasteiger partial charge on any atom is 0.0201 e. The molecule has 0 atom stereocenters. The van der Waals surface area contributed by atoms with Gasteiger partial charge in [-0.2, -0.15) is 0 Å². The van der Waals surface area contributed by atoms with Crippen LogP contribution in [0.25, 0.3) is 0 Å². The van der Waals surface area contributed by atoms with Crippen LogP contribution in [0, 0.1) is 0 Å². The van der Waals surface area contributed by atoms with Gasteiger partial charge in [0.15, 0.2) is 0 Å². The van der Waals surface area contributed by atoms with Gasteiger partial charge in [-0.05, 0) is 31.9 Å². The van der Waals surface area contributed by atoms with Crippen molar-refractivity contribution in [1.29, 1.82) is 0 Å². The van der Waals surface area contributed by atoms with E-state index in [9.17, 15) is 0 Å². The average Bonchev–Trinajstić information content (AvgIpc) is 2.06. The zero-order chi connectivity index (χ0) is 8.10. The van der Waals surface area contributed by atoms with Crippen LogP contribution in [-0.2, 0) is 0 Å². The molecule has 0 saturated carbocycles. The van der Waals surface area contributed by atoms with Crippen molar-refractivity contribution < 1.29 is 0 Å². The smallest absolute Gasteiger partial charge is 0.0201 e. The molecule has 1 rings (SSSR count). The van der Waals surface area contributed by atoms with E-state index in [1.54, 1.807) is 5.57 Å². The largest absolute Gasteiger partial charge is 0.316 e. The molecule has 0 heterocycles. The summed E-state index contributed by atoms with van der Waals surface area (Å²) in [5.74, 6) is 0. The normalized spacial score (nSPS) is 17.6. The molecule has 0 aromatic rings. The Bertz CT molecular complexity index is 177. The Morgan fingerprint density at radius 1 is 1.55 bits per heavy atom. The van der Waals surface area contributed by atoms with E-state index in [2.05, 4.69) is 24.4 Å². The van der Waals surface area contributed by atoms with E-state index in [1.807, 2.05) is 7.05 Å². The lowest BCUT2D eigenvalue weighted by molar-refractivity contribution is 0.819. The third kappa shape index (κ3) is 2.19. The van der Waals surface area contributed by atoms with Crippen molar-refractivity contribution in [2.45, 2.75) is 26.2 Å². The van der Waals surface area contributed by atoms with Gasteiger partial charge in [-0.3, -0.25) is 0 Å². The fourth-order valence-electron chi connectivity index (χ4n) is 1.54. The Kier molecular flexibility index (Phi) is 3.37. The zero-order valence-corrected chi connectivity index (χ0v) is 7.48. The molecule has 0 radical (unpaired) electrons. The van der Waals surface area contributed by atoms with Gasteiger partial charge in [0.25, 0.3) is 0 Å². The Hall–Kier alpha value is -0.560. The second kappa shape index (κ2) is 4.35. The van der Waals surface area contributed by atoms with Crippen LogP contribution in [0.3, 0.4) is 0 Å². The Morgan fingerprint density at radius 3 is 3.00 bits per heavy atom. The lowest BCUT2D eigenvalue weighted by atomic mass is 9.96. The second-order valence-electron chi connectivity index (χ2n) is 2.95. The van der Waals surface area contributed by atoms with E-state index in [0.717, 1.165) is 6.54 Å². The Labute approximate surface area is 69.2 Å². The van der Waals surface area contributed by atoms with E-state index in [0.29, 0.717) is 0 Å². The maximum atomic E-state index is 3.19. The molecule has 0 bridgehead atoms. The minimum absolute atomic E-state index is 1.03. The molecule has 1 nitrogen and oxygen atoms in total. The summed E-state index contributed by atoms with van der Waals surface area (Å²) in [7, 11) is 2.00. The molecule has 62 valence electrons. The van der Waals surface area contributed by atoms with Crippen molar-refractivity contribution in [3.63, 3.8) is 0 Å². The van der Waals surface area contributed by atoms with Crippen molar-refractivity contribution in [1.82, 2.24) is 5.32 Å². The van der Waals surface area contributed by atoms with Gasteiger partial charge >= 0.3 is 0 Å². The summed E-state index contributed by atoms with van der Waals surface area (Å²) in [4.78, 5) is 0. The van der Waals surface area contributed by atoms with Crippen LogP contribution < -0.4 is 5.32 Å². The van der Waals surface area contributed by atoms with E-state index in [1.165, 1.54) is 24.8 Å². The molecule has 1 aliphatic rings. The molecule has 0 amide bonds. The van der Waals surface area contributed by atoms with Gasteiger partial charge < -0.3 is 5.32 Å². The van der Waals surface area contributed by atoms with E-state index in [-0.39, 0.29) is 0 Å². The molecule has 0 fully saturated rings. The lowest BCUT2D eigenvalue weighted by Crippen LogP contribution is -2.12. The van der Waals surface area contributed by atoms with Crippen molar-refractivity contribution >= 4 is 0 Å². The first-order valence-corrected chi connectivity index (χ1v) is 4.40. The van der Waals surface area contributed by atoms with Crippen LogP contribution in [0.15, 0.2) is 23.3 Å². The van der Waals surface area contributed by atoms with Crippen molar-refractivity contribution in [3.05, 3.63) is 23.3 Å². The summed E-state index contributed by atoms with van der Waals surface area (Å²) in [5.41, 5.74) is 3.13. The highest BCUT2D eigenvalue weighted by atomic mass is 14.8. The topological polar surface area (TPSA) is 12.0 Å². The first kappa shape index (κ1) is 8.54. The van der Waals surface area contributed by atoms with Crippen LogP contribution in [0.1, 0.15) is 26.2 Å². The number of hydrogen-bond acceptors (Lipinski definition) is 1. The molecule has 0 aliphatic heterocycles.